The molecule has 1 aliphatic rings. The molecule has 0 amide bonds. The van der Waals surface area contributed by atoms with Gasteiger partial charge in [0, 0.05) is 11.1 Å². The molecule has 0 aliphatic carbocycles. The Morgan fingerprint density at radius 1 is 1.18 bits per heavy atom. The molecule has 0 fully saturated rings. The number of para-hydroxylation sites is 1. The summed E-state index contributed by atoms with van der Waals surface area (Å²) in [4.78, 5) is 0. The van der Waals surface area contributed by atoms with Crippen LogP contribution in [-0.2, 0) is 0 Å². The van der Waals surface area contributed by atoms with Crippen LogP contribution >= 0.6 is 0 Å². The van der Waals surface area contributed by atoms with E-state index in [4.69, 9.17) is 4.74 Å². The topological polar surface area (TPSA) is 70.2 Å². The van der Waals surface area contributed by atoms with Crippen molar-refractivity contribution in [3.8, 4) is 5.75 Å². The summed E-state index contributed by atoms with van der Waals surface area (Å²) in [5.41, 5.74) is -0.984. The van der Waals surface area contributed by atoms with Crippen LogP contribution in [0.4, 0.5) is 18.9 Å². The standard InChI is InChI=1S/C20H20F3N3O2/c21-20(22,23)19(27,10-13-8-9-28-18-7-2-1-4-14(13)18)12-24-16-5-3-6-17-15(16)11-25-26-17/h1-7,11,13,24,27H,8-10,12H2,(H,25,26). The van der Waals surface area contributed by atoms with E-state index in [-0.39, 0.29) is 0 Å². The second-order valence-electron chi connectivity index (χ2n) is 7.10. The zero-order chi connectivity index (χ0) is 19.8. The highest BCUT2D eigenvalue weighted by molar-refractivity contribution is 5.90. The lowest BCUT2D eigenvalue weighted by Gasteiger charge is -2.36. The third kappa shape index (κ3) is 3.40. The van der Waals surface area contributed by atoms with E-state index in [1.54, 1.807) is 48.7 Å². The zero-order valence-electron chi connectivity index (χ0n) is 15.0. The second kappa shape index (κ2) is 7.01. The van der Waals surface area contributed by atoms with Crippen molar-refractivity contribution in [1.82, 2.24) is 10.2 Å². The van der Waals surface area contributed by atoms with Crippen LogP contribution in [0.1, 0.15) is 24.3 Å². The number of H-pyrrole nitrogens is 1. The van der Waals surface area contributed by atoms with Gasteiger partial charge in [-0.3, -0.25) is 5.10 Å². The Balaban J connectivity index is 1.58. The number of hydrogen-bond acceptors (Lipinski definition) is 4. The quantitative estimate of drug-likeness (QED) is 0.609. The smallest absolute Gasteiger partial charge is 0.418 e. The summed E-state index contributed by atoms with van der Waals surface area (Å²) in [5.74, 6) is 0.141. The van der Waals surface area contributed by atoms with Gasteiger partial charge >= 0.3 is 6.18 Å². The Hall–Kier alpha value is -2.74. The van der Waals surface area contributed by atoms with Gasteiger partial charge in [0.05, 0.1) is 24.9 Å². The normalized spacial score (nSPS) is 18.9. The largest absolute Gasteiger partial charge is 0.493 e. The minimum atomic E-state index is -4.78. The Morgan fingerprint density at radius 2 is 2.00 bits per heavy atom. The van der Waals surface area contributed by atoms with E-state index in [9.17, 15) is 18.3 Å². The summed E-state index contributed by atoms with van der Waals surface area (Å²) >= 11 is 0. The summed E-state index contributed by atoms with van der Waals surface area (Å²) in [6.45, 7) is -0.322. The third-order valence-electron chi connectivity index (χ3n) is 5.25. The molecule has 2 heterocycles. The number of aliphatic hydroxyl groups is 1. The van der Waals surface area contributed by atoms with Gasteiger partial charge in [0.15, 0.2) is 5.60 Å². The van der Waals surface area contributed by atoms with Crippen molar-refractivity contribution in [1.29, 1.82) is 0 Å². The van der Waals surface area contributed by atoms with Gasteiger partial charge in [0.1, 0.15) is 5.75 Å². The van der Waals surface area contributed by atoms with Crippen molar-refractivity contribution in [2.24, 2.45) is 0 Å². The highest BCUT2D eigenvalue weighted by Crippen LogP contribution is 2.43. The van der Waals surface area contributed by atoms with Gasteiger partial charge in [-0.05, 0) is 42.5 Å². The number of nitrogens with one attached hydrogen (secondary N) is 2. The lowest BCUT2D eigenvalue weighted by Crippen LogP contribution is -2.51. The van der Waals surface area contributed by atoms with Gasteiger partial charge in [-0.1, -0.05) is 24.3 Å². The van der Waals surface area contributed by atoms with Crippen LogP contribution in [0, 0.1) is 0 Å². The minimum Gasteiger partial charge on any atom is -0.493 e. The zero-order valence-corrected chi connectivity index (χ0v) is 15.0. The molecular formula is C20H20F3N3O2. The molecule has 148 valence electrons. The Kier molecular flexibility index (Phi) is 4.66. The first-order valence-corrected chi connectivity index (χ1v) is 9.04. The van der Waals surface area contributed by atoms with Crippen LogP contribution in [-0.4, -0.2) is 40.2 Å². The van der Waals surface area contributed by atoms with Crippen LogP contribution in [0.15, 0.2) is 48.7 Å². The van der Waals surface area contributed by atoms with Gasteiger partial charge in [0.25, 0.3) is 0 Å². The first kappa shape index (κ1) is 18.6. The predicted octanol–water partition coefficient (Wildman–Crippen LogP) is 4.22. The van der Waals surface area contributed by atoms with E-state index >= 15 is 0 Å². The summed E-state index contributed by atoms with van der Waals surface area (Å²) < 4.78 is 47.1. The van der Waals surface area contributed by atoms with Crippen molar-refractivity contribution in [2.75, 3.05) is 18.5 Å². The number of aromatic nitrogens is 2. The fourth-order valence-electron chi connectivity index (χ4n) is 3.69. The molecule has 0 saturated heterocycles. The minimum absolute atomic E-state index is 0.331. The molecule has 3 N–H and O–H groups in total. The molecule has 2 atom stereocenters. The van der Waals surface area contributed by atoms with Crippen LogP contribution in [0.2, 0.25) is 0 Å². The molecular weight excluding hydrogens is 371 g/mol. The van der Waals surface area contributed by atoms with Crippen molar-refractivity contribution < 1.29 is 23.0 Å². The van der Waals surface area contributed by atoms with Crippen molar-refractivity contribution >= 4 is 16.6 Å². The van der Waals surface area contributed by atoms with Crippen LogP contribution in [0.25, 0.3) is 10.9 Å². The fraction of sp³-hybridized carbons (Fsp3) is 0.350. The number of nitrogens with zero attached hydrogens (tertiary/aromatic N) is 1. The Bertz CT molecular complexity index is 972. The van der Waals surface area contributed by atoms with Crippen molar-refractivity contribution in [3.05, 3.63) is 54.2 Å². The molecule has 0 bridgehead atoms. The molecule has 8 heteroatoms. The number of rotatable bonds is 5. The number of halogens is 3. The maximum Gasteiger partial charge on any atom is 0.418 e. The van der Waals surface area contributed by atoms with E-state index < -0.39 is 30.7 Å². The molecule has 28 heavy (non-hydrogen) atoms. The predicted molar refractivity (Wildman–Crippen MR) is 99.5 cm³/mol. The van der Waals surface area contributed by atoms with E-state index in [1.165, 1.54) is 0 Å². The van der Waals surface area contributed by atoms with Gasteiger partial charge in [0.2, 0.25) is 0 Å². The number of alkyl halides is 3. The monoisotopic (exact) mass is 391 g/mol. The highest BCUT2D eigenvalue weighted by Gasteiger charge is 2.54. The van der Waals surface area contributed by atoms with Crippen molar-refractivity contribution in [3.63, 3.8) is 0 Å². The lowest BCUT2D eigenvalue weighted by molar-refractivity contribution is -0.258. The number of fused-ring (bicyclic) bond motifs is 2. The van der Waals surface area contributed by atoms with E-state index in [0.29, 0.717) is 40.9 Å². The number of benzene rings is 2. The molecule has 0 saturated carbocycles. The second-order valence-corrected chi connectivity index (χ2v) is 7.10. The fourth-order valence-corrected chi connectivity index (χ4v) is 3.69. The Labute approximate surface area is 159 Å². The maximum absolute atomic E-state index is 13.9. The average Bonchev–Trinajstić information content (AvgIpc) is 3.15. The molecule has 5 nitrogen and oxygen atoms in total. The van der Waals surface area contributed by atoms with E-state index in [0.717, 1.165) is 0 Å². The van der Waals surface area contributed by atoms with Gasteiger partial charge in [-0.2, -0.15) is 18.3 Å². The van der Waals surface area contributed by atoms with Crippen LogP contribution in [0.5, 0.6) is 5.75 Å². The van der Waals surface area contributed by atoms with Crippen LogP contribution in [0.3, 0.4) is 0 Å². The van der Waals surface area contributed by atoms with E-state index in [2.05, 4.69) is 15.5 Å². The molecule has 0 spiro atoms. The van der Waals surface area contributed by atoms with Gasteiger partial charge < -0.3 is 15.2 Å². The first-order chi connectivity index (χ1) is 13.4. The highest BCUT2D eigenvalue weighted by atomic mass is 19.4. The lowest BCUT2D eigenvalue weighted by atomic mass is 9.82. The molecule has 1 aromatic heterocycles. The van der Waals surface area contributed by atoms with Gasteiger partial charge in [-0.15, -0.1) is 0 Å². The SMILES string of the molecule is OC(CNc1cccc2[nH]ncc12)(CC1CCOc2ccccc21)C(F)(F)F. The number of aromatic amines is 1. The van der Waals surface area contributed by atoms with Gasteiger partial charge in [-0.25, -0.2) is 0 Å². The summed E-state index contributed by atoms with van der Waals surface area (Å²) in [5, 5.41) is 20.8. The summed E-state index contributed by atoms with van der Waals surface area (Å²) in [6.07, 6.45) is -3.26. The van der Waals surface area contributed by atoms with Crippen LogP contribution < -0.4 is 10.1 Å². The molecule has 3 aromatic rings. The first-order valence-electron chi connectivity index (χ1n) is 9.04. The number of hydrogen-bond donors (Lipinski definition) is 3. The van der Waals surface area contributed by atoms with E-state index in [1.807, 2.05) is 0 Å². The molecule has 4 rings (SSSR count). The third-order valence-corrected chi connectivity index (χ3v) is 5.25. The van der Waals surface area contributed by atoms with Crippen molar-refractivity contribution in [2.45, 2.75) is 30.5 Å². The molecule has 1 aliphatic heterocycles. The number of anilines is 1. The molecule has 2 aromatic carbocycles. The maximum atomic E-state index is 13.9. The summed E-state index contributed by atoms with van der Waals surface area (Å²) in [6, 6.07) is 12.2. The molecule has 0 radical (unpaired) electrons. The summed E-state index contributed by atoms with van der Waals surface area (Å²) in [7, 11) is 0. The Morgan fingerprint density at radius 3 is 2.82 bits per heavy atom. The average molecular weight is 391 g/mol. The molecule has 2 unspecified atom stereocenters. The number of ether oxygens (including phenoxy) is 1.